The number of nitrogens with zero attached hydrogens (tertiary/aromatic N) is 2. The van der Waals surface area contributed by atoms with Crippen LogP contribution in [0.5, 0.6) is 0 Å². The van der Waals surface area contributed by atoms with E-state index < -0.39 is 14.9 Å². The normalized spacial score (nSPS) is 13.4. The molecule has 0 saturated heterocycles. The van der Waals surface area contributed by atoms with Gasteiger partial charge in [-0.15, -0.1) is 0 Å². The molecule has 6 nitrogen and oxygen atoms in total. The first kappa shape index (κ1) is 16.9. The molecular weight excluding hydrogens is 304 g/mol. The van der Waals surface area contributed by atoms with Crippen molar-refractivity contribution in [3.05, 3.63) is 33.3 Å². The molecule has 1 atom stereocenters. The van der Waals surface area contributed by atoms with Crippen LogP contribution in [0.25, 0.3) is 0 Å². The van der Waals surface area contributed by atoms with E-state index >= 15 is 0 Å². The topological polar surface area (TPSA) is 80.5 Å². The fourth-order valence-corrected chi connectivity index (χ4v) is 3.42. The van der Waals surface area contributed by atoms with E-state index in [1.54, 1.807) is 0 Å². The molecule has 8 heteroatoms. The Balaban J connectivity index is 3.21. The lowest BCUT2D eigenvalue weighted by Gasteiger charge is -2.20. The third-order valence-corrected chi connectivity index (χ3v) is 5.38. The minimum Gasteiger partial charge on any atom is -0.258 e. The fraction of sp³-hybridized carbons (Fsp3) is 0.500. The van der Waals surface area contributed by atoms with Crippen molar-refractivity contribution in [3.8, 4) is 0 Å². The molecule has 1 aromatic rings. The molecule has 0 aliphatic carbocycles. The standard InChI is InChI=1S/C12H17ClN2O4S/c1-4-9(2)8-14(3)20(18,19)12-7-10(15(16)17)5-6-11(12)13/h5-7,9H,4,8H2,1-3H3. The summed E-state index contributed by atoms with van der Waals surface area (Å²) in [6.45, 7) is 4.23. The van der Waals surface area contributed by atoms with Gasteiger partial charge in [-0.2, -0.15) is 0 Å². The summed E-state index contributed by atoms with van der Waals surface area (Å²) in [5.74, 6) is 0.187. The van der Waals surface area contributed by atoms with Crippen LogP contribution in [-0.4, -0.2) is 31.2 Å². The smallest absolute Gasteiger partial charge is 0.258 e. The van der Waals surface area contributed by atoms with Crippen LogP contribution >= 0.6 is 11.6 Å². The van der Waals surface area contributed by atoms with Crippen LogP contribution in [0.2, 0.25) is 5.02 Å². The molecule has 0 aliphatic heterocycles. The van der Waals surface area contributed by atoms with Gasteiger partial charge in [-0.05, 0) is 12.0 Å². The molecule has 1 rings (SSSR count). The molecule has 0 fully saturated rings. The first-order chi connectivity index (χ1) is 9.20. The maximum absolute atomic E-state index is 12.4. The van der Waals surface area contributed by atoms with Gasteiger partial charge in [0.2, 0.25) is 10.0 Å². The zero-order chi connectivity index (χ0) is 15.5. The SMILES string of the molecule is CCC(C)CN(C)S(=O)(=O)c1cc([N+](=O)[O-])ccc1Cl. The monoisotopic (exact) mass is 320 g/mol. The number of halogens is 1. The van der Waals surface area contributed by atoms with Crippen molar-refractivity contribution in [1.82, 2.24) is 4.31 Å². The quantitative estimate of drug-likeness (QED) is 0.596. The molecular formula is C12H17ClN2O4S. The van der Waals surface area contributed by atoms with Crippen molar-refractivity contribution in [2.75, 3.05) is 13.6 Å². The second-order valence-corrected chi connectivity index (χ2v) is 7.09. The number of hydrogen-bond donors (Lipinski definition) is 0. The minimum absolute atomic E-state index is 0.0217. The predicted octanol–water partition coefficient (Wildman–Crippen LogP) is 2.91. The first-order valence-corrected chi connectivity index (χ1v) is 7.92. The second-order valence-electron chi connectivity index (χ2n) is 4.67. The lowest BCUT2D eigenvalue weighted by molar-refractivity contribution is -0.385. The van der Waals surface area contributed by atoms with Gasteiger partial charge in [-0.3, -0.25) is 10.1 Å². The molecule has 1 aromatic carbocycles. The van der Waals surface area contributed by atoms with Gasteiger partial charge in [0.25, 0.3) is 5.69 Å². The zero-order valence-corrected chi connectivity index (χ0v) is 13.1. The van der Waals surface area contributed by atoms with Crippen molar-refractivity contribution in [1.29, 1.82) is 0 Å². The fourth-order valence-electron chi connectivity index (χ4n) is 1.64. The van der Waals surface area contributed by atoms with Crippen molar-refractivity contribution in [2.45, 2.75) is 25.2 Å². The summed E-state index contributed by atoms with van der Waals surface area (Å²) >= 11 is 5.87. The molecule has 20 heavy (non-hydrogen) atoms. The van der Waals surface area contributed by atoms with Gasteiger partial charge in [0, 0.05) is 25.7 Å². The van der Waals surface area contributed by atoms with E-state index in [0.29, 0.717) is 6.54 Å². The van der Waals surface area contributed by atoms with E-state index in [-0.39, 0.29) is 21.5 Å². The Morgan fingerprint density at radius 3 is 2.55 bits per heavy atom. The molecule has 112 valence electrons. The molecule has 0 amide bonds. The van der Waals surface area contributed by atoms with Crippen molar-refractivity contribution >= 4 is 27.3 Å². The maximum Gasteiger partial charge on any atom is 0.270 e. The lowest BCUT2D eigenvalue weighted by atomic mass is 10.1. The Labute approximate surface area is 123 Å². The van der Waals surface area contributed by atoms with Gasteiger partial charge in [-0.25, -0.2) is 12.7 Å². The summed E-state index contributed by atoms with van der Waals surface area (Å²) in [5, 5.41) is 10.7. The summed E-state index contributed by atoms with van der Waals surface area (Å²) in [6.07, 6.45) is 0.836. The molecule has 0 saturated carbocycles. The lowest BCUT2D eigenvalue weighted by Crippen LogP contribution is -2.31. The summed E-state index contributed by atoms with van der Waals surface area (Å²) in [6, 6.07) is 3.39. The zero-order valence-electron chi connectivity index (χ0n) is 11.5. The molecule has 0 N–H and O–H groups in total. The Kier molecular flexibility index (Phi) is 5.50. The van der Waals surface area contributed by atoms with E-state index in [9.17, 15) is 18.5 Å². The van der Waals surface area contributed by atoms with E-state index in [1.807, 2.05) is 13.8 Å². The van der Waals surface area contributed by atoms with Gasteiger partial charge in [-0.1, -0.05) is 31.9 Å². The molecule has 0 bridgehead atoms. The van der Waals surface area contributed by atoms with Gasteiger partial charge in [0.1, 0.15) is 4.90 Å². The molecule has 0 heterocycles. The van der Waals surface area contributed by atoms with Crippen LogP contribution in [0.3, 0.4) is 0 Å². The Bertz CT molecular complexity index is 603. The highest BCUT2D eigenvalue weighted by Crippen LogP contribution is 2.28. The van der Waals surface area contributed by atoms with Gasteiger partial charge in [0.15, 0.2) is 0 Å². The Morgan fingerprint density at radius 1 is 1.45 bits per heavy atom. The first-order valence-electron chi connectivity index (χ1n) is 6.10. The number of hydrogen-bond acceptors (Lipinski definition) is 4. The van der Waals surface area contributed by atoms with E-state index in [4.69, 9.17) is 11.6 Å². The van der Waals surface area contributed by atoms with E-state index in [1.165, 1.54) is 23.5 Å². The van der Waals surface area contributed by atoms with Crippen LogP contribution in [0, 0.1) is 16.0 Å². The Morgan fingerprint density at radius 2 is 2.05 bits per heavy atom. The highest BCUT2D eigenvalue weighted by atomic mass is 35.5. The number of benzene rings is 1. The summed E-state index contributed by atoms with van der Waals surface area (Å²) in [7, 11) is -2.39. The van der Waals surface area contributed by atoms with Gasteiger partial charge in [0.05, 0.1) is 9.95 Å². The summed E-state index contributed by atoms with van der Waals surface area (Å²) in [4.78, 5) is 9.85. The number of nitro groups is 1. The minimum atomic E-state index is -3.83. The highest BCUT2D eigenvalue weighted by Gasteiger charge is 2.26. The number of nitro benzene ring substituents is 1. The maximum atomic E-state index is 12.4. The van der Waals surface area contributed by atoms with E-state index in [0.717, 1.165) is 12.5 Å². The highest BCUT2D eigenvalue weighted by molar-refractivity contribution is 7.89. The average Bonchev–Trinajstić information content (AvgIpc) is 2.38. The second kappa shape index (κ2) is 6.51. The summed E-state index contributed by atoms with van der Waals surface area (Å²) < 4.78 is 26.0. The number of sulfonamides is 1. The molecule has 0 spiro atoms. The van der Waals surface area contributed by atoms with Crippen molar-refractivity contribution in [2.24, 2.45) is 5.92 Å². The molecule has 0 aliphatic rings. The van der Waals surface area contributed by atoms with Crippen molar-refractivity contribution in [3.63, 3.8) is 0 Å². The van der Waals surface area contributed by atoms with Crippen LogP contribution in [0.1, 0.15) is 20.3 Å². The molecule has 0 radical (unpaired) electrons. The third-order valence-electron chi connectivity index (χ3n) is 3.08. The van der Waals surface area contributed by atoms with Crippen LogP contribution in [0.15, 0.2) is 23.1 Å². The predicted molar refractivity (Wildman–Crippen MR) is 77.4 cm³/mol. The van der Waals surface area contributed by atoms with Crippen LogP contribution in [-0.2, 0) is 10.0 Å². The van der Waals surface area contributed by atoms with Crippen LogP contribution in [0.4, 0.5) is 5.69 Å². The summed E-state index contributed by atoms with van der Waals surface area (Å²) in [5.41, 5.74) is -0.301. The van der Waals surface area contributed by atoms with Crippen molar-refractivity contribution < 1.29 is 13.3 Å². The number of non-ortho nitro benzene ring substituents is 1. The number of rotatable bonds is 6. The van der Waals surface area contributed by atoms with E-state index in [2.05, 4.69) is 0 Å². The van der Waals surface area contributed by atoms with Crippen LogP contribution < -0.4 is 0 Å². The third kappa shape index (κ3) is 3.68. The van der Waals surface area contributed by atoms with Gasteiger partial charge >= 0.3 is 0 Å². The Hall–Kier alpha value is -1.18. The largest absolute Gasteiger partial charge is 0.270 e. The molecule has 0 aromatic heterocycles. The van der Waals surface area contributed by atoms with Gasteiger partial charge < -0.3 is 0 Å². The average molecular weight is 321 g/mol. The molecule has 1 unspecified atom stereocenters.